The first-order valence-electron chi connectivity index (χ1n) is 9.45. The first-order valence-corrected chi connectivity index (χ1v) is 10.7. The number of hydrogen-bond donors (Lipinski definition) is 0. The summed E-state index contributed by atoms with van der Waals surface area (Å²) in [6.45, 7) is 1.34. The number of thiazole rings is 1. The zero-order chi connectivity index (χ0) is 19.8. The van der Waals surface area contributed by atoms with Gasteiger partial charge in [0.25, 0.3) is 5.91 Å². The molecule has 144 valence electrons. The van der Waals surface area contributed by atoms with Gasteiger partial charge in [-0.1, -0.05) is 60.1 Å². The van der Waals surface area contributed by atoms with Crippen molar-refractivity contribution in [2.45, 2.75) is 6.42 Å². The average Bonchev–Trinajstić information content (AvgIpc) is 3.36. The van der Waals surface area contributed by atoms with Gasteiger partial charge in [0.2, 0.25) is 0 Å². The van der Waals surface area contributed by atoms with E-state index in [0.29, 0.717) is 17.3 Å². The van der Waals surface area contributed by atoms with Crippen molar-refractivity contribution in [3.8, 4) is 11.3 Å². The van der Waals surface area contributed by atoms with Gasteiger partial charge in [-0.15, -0.1) is 11.3 Å². The van der Waals surface area contributed by atoms with Gasteiger partial charge in [0.05, 0.1) is 5.69 Å². The Balaban J connectivity index is 1.39. The van der Waals surface area contributed by atoms with Gasteiger partial charge < -0.3 is 4.90 Å². The van der Waals surface area contributed by atoms with Gasteiger partial charge in [0, 0.05) is 35.3 Å². The smallest absolute Gasteiger partial charge is 0.272 e. The standard InChI is InChI=1S/C23H18ClN3OS/c24-19-8-6-18(7-9-19)20-14-27-21(15-29-23(27)25-20)22(28)26-12-10-17(11-13-26)16-4-2-1-3-5-16/h1-10,14-15H,11-13H2. The van der Waals surface area contributed by atoms with Crippen LogP contribution < -0.4 is 0 Å². The minimum Gasteiger partial charge on any atom is -0.333 e. The predicted octanol–water partition coefficient (Wildman–Crippen LogP) is 5.65. The minimum atomic E-state index is 0.0414. The van der Waals surface area contributed by atoms with Gasteiger partial charge >= 0.3 is 0 Å². The summed E-state index contributed by atoms with van der Waals surface area (Å²) in [6.07, 6.45) is 4.95. The molecule has 0 unspecified atom stereocenters. The van der Waals surface area contributed by atoms with E-state index in [1.807, 2.05) is 63.3 Å². The van der Waals surface area contributed by atoms with E-state index < -0.39 is 0 Å². The fourth-order valence-corrected chi connectivity index (χ4v) is 4.60. The van der Waals surface area contributed by atoms with Crippen LogP contribution in [0.4, 0.5) is 0 Å². The van der Waals surface area contributed by atoms with Crippen LogP contribution in [0.2, 0.25) is 5.02 Å². The molecule has 3 heterocycles. The van der Waals surface area contributed by atoms with Crippen molar-refractivity contribution in [3.05, 3.63) is 88.5 Å². The Kier molecular flexibility index (Phi) is 4.70. The molecule has 0 N–H and O–H groups in total. The van der Waals surface area contributed by atoms with Gasteiger partial charge in [-0.3, -0.25) is 9.20 Å². The molecular formula is C23H18ClN3OS. The van der Waals surface area contributed by atoms with Crippen LogP contribution in [-0.4, -0.2) is 33.3 Å². The van der Waals surface area contributed by atoms with E-state index >= 15 is 0 Å². The molecule has 1 amide bonds. The highest BCUT2D eigenvalue weighted by atomic mass is 35.5. The Bertz CT molecular complexity index is 1210. The second kappa shape index (κ2) is 7.50. The Morgan fingerprint density at radius 3 is 2.55 bits per heavy atom. The molecule has 0 bridgehead atoms. The van der Waals surface area contributed by atoms with Crippen LogP contribution in [-0.2, 0) is 0 Å². The molecule has 0 fully saturated rings. The van der Waals surface area contributed by atoms with E-state index in [-0.39, 0.29) is 5.91 Å². The molecule has 2 aromatic heterocycles. The second-order valence-electron chi connectivity index (χ2n) is 7.00. The maximum atomic E-state index is 13.1. The monoisotopic (exact) mass is 419 g/mol. The Morgan fingerprint density at radius 1 is 1.03 bits per heavy atom. The predicted molar refractivity (Wildman–Crippen MR) is 118 cm³/mol. The second-order valence-corrected chi connectivity index (χ2v) is 8.28. The lowest BCUT2D eigenvalue weighted by atomic mass is 9.99. The summed E-state index contributed by atoms with van der Waals surface area (Å²) < 4.78 is 1.90. The van der Waals surface area contributed by atoms with E-state index in [0.717, 1.165) is 29.2 Å². The highest BCUT2D eigenvalue weighted by Gasteiger charge is 2.23. The van der Waals surface area contributed by atoms with E-state index in [9.17, 15) is 4.79 Å². The maximum Gasteiger partial charge on any atom is 0.272 e. The number of halogens is 1. The van der Waals surface area contributed by atoms with Crippen LogP contribution in [0.1, 0.15) is 22.5 Å². The highest BCUT2D eigenvalue weighted by Crippen LogP contribution is 2.27. The van der Waals surface area contributed by atoms with Gasteiger partial charge in [-0.2, -0.15) is 0 Å². The first-order chi connectivity index (χ1) is 14.2. The summed E-state index contributed by atoms with van der Waals surface area (Å²) in [5.74, 6) is 0.0414. The van der Waals surface area contributed by atoms with Crippen molar-refractivity contribution < 1.29 is 4.79 Å². The highest BCUT2D eigenvalue weighted by molar-refractivity contribution is 7.15. The lowest BCUT2D eigenvalue weighted by Crippen LogP contribution is -2.35. The van der Waals surface area contributed by atoms with Crippen molar-refractivity contribution in [1.82, 2.24) is 14.3 Å². The number of fused-ring (bicyclic) bond motifs is 1. The lowest BCUT2D eigenvalue weighted by Gasteiger charge is -2.26. The fourth-order valence-electron chi connectivity index (χ4n) is 3.63. The number of carbonyl (C=O) groups is 1. The molecule has 1 aliphatic rings. The summed E-state index contributed by atoms with van der Waals surface area (Å²) in [4.78, 5) is 20.5. The topological polar surface area (TPSA) is 37.6 Å². The quantitative estimate of drug-likeness (QED) is 0.430. The zero-order valence-electron chi connectivity index (χ0n) is 15.6. The van der Waals surface area contributed by atoms with Crippen molar-refractivity contribution in [1.29, 1.82) is 0 Å². The number of rotatable bonds is 3. The third-order valence-electron chi connectivity index (χ3n) is 5.21. The van der Waals surface area contributed by atoms with Crippen LogP contribution in [0.3, 0.4) is 0 Å². The molecule has 0 saturated heterocycles. The summed E-state index contributed by atoms with van der Waals surface area (Å²) in [5, 5.41) is 2.59. The number of nitrogens with zero attached hydrogens (tertiary/aromatic N) is 3. The molecule has 0 spiro atoms. The Labute approximate surface area is 177 Å². The summed E-state index contributed by atoms with van der Waals surface area (Å²) in [5.41, 5.74) is 5.02. The van der Waals surface area contributed by atoms with Crippen LogP contribution in [0.15, 0.2) is 72.3 Å². The van der Waals surface area contributed by atoms with Crippen molar-refractivity contribution in [3.63, 3.8) is 0 Å². The lowest BCUT2D eigenvalue weighted by molar-refractivity contribution is 0.0766. The van der Waals surface area contributed by atoms with Gasteiger partial charge in [0.15, 0.2) is 4.96 Å². The Morgan fingerprint density at radius 2 is 1.83 bits per heavy atom. The fraction of sp³-hybridized carbons (Fsp3) is 0.130. The number of benzene rings is 2. The van der Waals surface area contributed by atoms with Gasteiger partial charge in [0.1, 0.15) is 5.69 Å². The largest absolute Gasteiger partial charge is 0.333 e. The molecule has 0 saturated carbocycles. The molecule has 29 heavy (non-hydrogen) atoms. The molecule has 2 aromatic carbocycles. The third kappa shape index (κ3) is 3.48. The summed E-state index contributed by atoms with van der Waals surface area (Å²) >= 11 is 7.47. The van der Waals surface area contributed by atoms with E-state index in [4.69, 9.17) is 11.6 Å². The molecule has 5 rings (SSSR count). The first kappa shape index (κ1) is 18.2. The number of carbonyl (C=O) groups excluding carboxylic acids is 1. The molecule has 0 atom stereocenters. The summed E-state index contributed by atoms with van der Waals surface area (Å²) in [7, 11) is 0. The zero-order valence-corrected chi connectivity index (χ0v) is 17.2. The average molecular weight is 420 g/mol. The van der Waals surface area contributed by atoms with Gasteiger partial charge in [-0.25, -0.2) is 4.98 Å². The third-order valence-corrected chi connectivity index (χ3v) is 6.30. The van der Waals surface area contributed by atoms with Crippen LogP contribution in [0, 0.1) is 0 Å². The van der Waals surface area contributed by atoms with Crippen molar-refractivity contribution in [2.75, 3.05) is 13.1 Å². The van der Waals surface area contributed by atoms with Crippen LogP contribution >= 0.6 is 22.9 Å². The normalized spacial score (nSPS) is 14.2. The number of amides is 1. The number of aromatic nitrogens is 2. The van der Waals surface area contributed by atoms with Crippen LogP contribution in [0.5, 0.6) is 0 Å². The molecule has 1 aliphatic heterocycles. The maximum absolute atomic E-state index is 13.1. The number of hydrogen-bond acceptors (Lipinski definition) is 3. The molecule has 6 heteroatoms. The van der Waals surface area contributed by atoms with Gasteiger partial charge in [-0.05, 0) is 29.7 Å². The van der Waals surface area contributed by atoms with Crippen LogP contribution in [0.25, 0.3) is 21.8 Å². The molecule has 0 radical (unpaired) electrons. The molecular weight excluding hydrogens is 402 g/mol. The molecule has 4 nitrogen and oxygen atoms in total. The molecule has 4 aromatic rings. The van der Waals surface area contributed by atoms with E-state index in [1.165, 1.54) is 22.5 Å². The molecule has 0 aliphatic carbocycles. The Hall–Kier alpha value is -2.89. The summed E-state index contributed by atoms with van der Waals surface area (Å²) in [6, 6.07) is 17.9. The van der Waals surface area contributed by atoms with Crippen molar-refractivity contribution >= 4 is 39.4 Å². The van der Waals surface area contributed by atoms with E-state index in [1.54, 1.807) is 0 Å². The van der Waals surface area contributed by atoms with Crippen molar-refractivity contribution in [2.24, 2.45) is 0 Å². The number of imidazole rings is 1. The SMILES string of the molecule is O=C(c1csc2nc(-c3ccc(Cl)cc3)cn12)N1CC=C(c2ccccc2)CC1. The van der Waals surface area contributed by atoms with E-state index in [2.05, 4.69) is 23.2 Å². The minimum absolute atomic E-state index is 0.0414.